The molecule has 0 aliphatic heterocycles. The molecule has 166 valence electrons. The molecule has 0 amide bonds. The molecule has 3 rings (SSSR count). The highest BCUT2D eigenvalue weighted by Crippen LogP contribution is 2.35. The maximum absolute atomic E-state index is 11.0. The van der Waals surface area contributed by atoms with Gasteiger partial charge in [-0.05, 0) is 72.4 Å². The molecule has 2 N–H and O–H groups in total. The highest BCUT2D eigenvalue weighted by molar-refractivity contribution is 7.51. The summed E-state index contributed by atoms with van der Waals surface area (Å²) in [6, 6.07) is 24.0. The predicted molar refractivity (Wildman–Crippen MR) is 131 cm³/mol. The molecule has 0 bridgehead atoms. The summed E-state index contributed by atoms with van der Waals surface area (Å²) in [6.45, 7) is 0. The Morgan fingerprint density at radius 1 is 0.548 bits per heavy atom. The van der Waals surface area contributed by atoms with Crippen molar-refractivity contribution in [3.63, 3.8) is 0 Å². The smallest absolute Gasteiger partial charge is 0.324 e. The van der Waals surface area contributed by atoms with Crippen molar-refractivity contribution in [2.24, 2.45) is 0 Å². The van der Waals surface area contributed by atoms with Crippen molar-refractivity contribution in [2.45, 2.75) is 64.2 Å². The van der Waals surface area contributed by atoms with E-state index in [-0.39, 0.29) is 6.16 Å². The van der Waals surface area contributed by atoms with Gasteiger partial charge < -0.3 is 9.79 Å². The highest BCUT2D eigenvalue weighted by atomic mass is 31.2. The first kappa shape index (κ1) is 23.7. The molecule has 3 aromatic carbocycles. The van der Waals surface area contributed by atoms with E-state index in [0.717, 1.165) is 25.7 Å². The van der Waals surface area contributed by atoms with E-state index in [1.54, 1.807) is 0 Å². The summed E-state index contributed by atoms with van der Waals surface area (Å²) >= 11 is 0. The minimum Gasteiger partial charge on any atom is -0.324 e. The topological polar surface area (TPSA) is 57.5 Å². The van der Waals surface area contributed by atoms with Crippen LogP contribution in [-0.2, 0) is 23.8 Å². The van der Waals surface area contributed by atoms with Gasteiger partial charge in [0, 0.05) is 6.16 Å². The second-order valence-electron chi connectivity index (χ2n) is 8.53. The lowest BCUT2D eigenvalue weighted by atomic mass is 9.93. The van der Waals surface area contributed by atoms with E-state index in [1.807, 2.05) is 0 Å². The summed E-state index contributed by atoms with van der Waals surface area (Å²) in [6.07, 6.45) is 10.7. The zero-order valence-corrected chi connectivity index (χ0v) is 19.3. The monoisotopic (exact) mass is 438 g/mol. The lowest BCUT2D eigenvalue weighted by molar-refractivity contribution is 0.371. The Labute approximate surface area is 186 Å². The van der Waals surface area contributed by atoms with Gasteiger partial charge >= 0.3 is 7.60 Å². The van der Waals surface area contributed by atoms with Crippen LogP contribution in [0.5, 0.6) is 0 Å². The van der Waals surface area contributed by atoms with Crippen LogP contribution in [0.2, 0.25) is 0 Å². The van der Waals surface area contributed by atoms with Gasteiger partial charge in [-0.15, -0.1) is 0 Å². The van der Waals surface area contributed by atoms with E-state index >= 15 is 0 Å². The fourth-order valence-electron chi connectivity index (χ4n) is 4.31. The first-order chi connectivity index (χ1) is 15.0. The molecule has 0 saturated carbocycles. The molecule has 0 aliphatic carbocycles. The quantitative estimate of drug-likeness (QED) is 0.221. The summed E-state index contributed by atoms with van der Waals surface area (Å²) in [5.74, 6) is 0. The Hall–Kier alpha value is -1.93. The minimum atomic E-state index is -3.86. The van der Waals surface area contributed by atoms with Crippen molar-refractivity contribution in [3.8, 4) is 0 Å². The summed E-state index contributed by atoms with van der Waals surface area (Å²) in [4.78, 5) is 18.0. The SMILES string of the molecule is O=P(O)(O)CCCCCc1ccc(CCCCCCc2ccccc2)c2ccccc12. The fraction of sp³-hybridized carbons (Fsp3) is 0.407. The maximum Gasteiger partial charge on any atom is 0.325 e. The van der Waals surface area contributed by atoms with Crippen LogP contribution in [0, 0.1) is 0 Å². The van der Waals surface area contributed by atoms with Crippen molar-refractivity contribution in [3.05, 3.63) is 83.4 Å². The normalized spacial score (nSPS) is 11.8. The van der Waals surface area contributed by atoms with E-state index in [9.17, 15) is 4.57 Å². The van der Waals surface area contributed by atoms with E-state index in [4.69, 9.17) is 9.79 Å². The Morgan fingerprint density at radius 3 is 1.58 bits per heavy atom. The number of unbranched alkanes of at least 4 members (excludes halogenated alkanes) is 5. The van der Waals surface area contributed by atoms with Gasteiger partial charge in [-0.1, -0.05) is 86.0 Å². The van der Waals surface area contributed by atoms with Crippen molar-refractivity contribution in [2.75, 3.05) is 6.16 Å². The lowest BCUT2D eigenvalue weighted by Crippen LogP contribution is -1.95. The molecule has 0 saturated heterocycles. The standard InChI is InChI=1S/C27H35O3P/c28-31(29,30)22-12-4-9-17-25-21-20-24(26-18-10-11-19-27(25)26)16-8-2-1-5-13-23-14-6-3-7-15-23/h3,6-7,10-11,14-15,18-21H,1-2,4-5,8-9,12-13,16-17,22H2,(H2,28,29,30). The van der Waals surface area contributed by atoms with E-state index in [1.165, 1.54) is 59.6 Å². The van der Waals surface area contributed by atoms with Crippen LogP contribution < -0.4 is 0 Å². The predicted octanol–water partition coefficient (Wildman–Crippen LogP) is 7.08. The van der Waals surface area contributed by atoms with Crippen molar-refractivity contribution in [1.29, 1.82) is 0 Å². The summed E-state index contributed by atoms with van der Waals surface area (Å²) in [5.41, 5.74) is 4.22. The molecular formula is C27H35O3P. The van der Waals surface area contributed by atoms with Gasteiger partial charge in [-0.25, -0.2) is 0 Å². The first-order valence-corrected chi connectivity index (χ1v) is 13.4. The molecule has 0 aromatic heterocycles. The third-order valence-corrected chi connectivity index (χ3v) is 6.90. The van der Waals surface area contributed by atoms with Gasteiger partial charge in [0.1, 0.15) is 0 Å². The molecule has 0 aliphatic rings. The Balaban J connectivity index is 1.47. The number of aryl methyl sites for hydroxylation is 3. The average Bonchev–Trinajstić information content (AvgIpc) is 2.76. The van der Waals surface area contributed by atoms with E-state index < -0.39 is 7.60 Å². The Morgan fingerprint density at radius 2 is 1.03 bits per heavy atom. The summed E-state index contributed by atoms with van der Waals surface area (Å²) < 4.78 is 11.0. The van der Waals surface area contributed by atoms with Crippen LogP contribution in [0.4, 0.5) is 0 Å². The van der Waals surface area contributed by atoms with Gasteiger partial charge in [0.25, 0.3) is 0 Å². The number of fused-ring (bicyclic) bond motifs is 1. The second-order valence-corrected chi connectivity index (χ2v) is 10.3. The van der Waals surface area contributed by atoms with Crippen LogP contribution in [0.1, 0.15) is 61.6 Å². The van der Waals surface area contributed by atoms with Crippen molar-refractivity contribution >= 4 is 18.4 Å². The molecule has 31 heavy (non-hydrogen) atoms. The maximum atomic E-state index is 11.0. The highest BCUT2D eigenvalue weighted by Gasteiger charge is 2.11. The van der Waals surface area contributed by atoms with Crippen LogP contribution in [-0.4, -0.2) is 15.9 Å². The zero-order chi connectivity index (χ0) is 21.9. The molecular weight excluding hydrogens is 403 g/mol. The first-order valence-electron chi connectivity index (χ1n) is 11.6. The molecule has 0 heterocycles. The van der Waals surface area contributed by atoms with E-state index in [0.29, 0.717) is 6.42 Å². The van der Waals surface area contributed by atoms with Crippen LogP contribution in [0.15, 0.2) is 66.7 Å². The largest absolute Gasteiger partial charge is 0.325 e. The molecule has 4 heteroatoms. The van der Waals surface area contributed by atoms with Crippen LogP contribution in [0.25, 0.3) is 10.8 Å². The average molecular weight is 439 g/mol. The van der Waals surface area contributed by atoms with Crippen molar-refractivity contribution in [1.82, 2.24) is 0 Å². The molecule has 0 spiro atoms. The summed E-state index contributed by atoms with van der Waals surface area (Å²) in [7, 11) is -3.86. The third kappa shape index (κ3) is 8.26. The van der Waals surface area contributed by atoms with E-state index in [2.05, 4.69) is 66.7 Å². The molecule has 0 unspecified atom stereocenters. The number of hydrogen-bond acceptors (Lipinski definition) is 1. The number of benzene rings is 3. The van der Waals surface area contributed by atoms with Gasteiger partial charge in [0.2, 0.25) is 0 Å². The third-order valence-electron chi connectivity index (χ3n) is 6.00. The Kier molecular flexibility index (Phi) is 9.33. The molecule has 0 radical (unpaired) electrons. The molecule has 3 nitrogen and oxygen atoms in total. The summed E-state index contributed by atoms with van der Waals surface area (Å²) in [5, 5.41) is 2.69. The fourth-order valence-corrected chi connectivity index (χ4v) is 4.95. The van der Waals surface area contributed by atoms with Gasteiger partial charge in [0.05, 0.1) is 0 Å². The number of hydrogen-bond donors (Lipinski definition) is 2. The van der Waals surface area contributed by atoms with Crippen molar-refractivity contribution < 1.29 is 14.4 Å². The van der Waals surface area contributed by atoms with Gasteiger partial charge in [0.15, 0.2) is 0 Å². The molecule has 0 fully saturated rings. The van der Waals surface area contributed by atoms with Gasteiger partial charge in [-0.2, -0.15) is 0 Å². The second kappa shape index (κ2) is 12.2. The lowest BCUT2D eigenvalue weighted by Gasteiger charge is -2.12. The minimum absolute atomic E-state index is 0.00195. The Bertz CT molecular complexity index is 978. The zero-order valence-electron chi connectivity index (χ0n) is 18.4. The molecule has 3 aromatic rings. The number of rotatable bonds is 13. The molecule has 0 atom stereocenters. The van der Waals surface area contributed by atoms with Crippen LogP contribution in [0.3, 0.4) is 0 Å². The van der Waals surface area contributed by atoms with Crippen LogP contribution >= 0.6 is 7.60 Å². The van der Waals surface area contributed by atoms with Gasteiger partial charge in [-0.3, -0.25) is 4.57 Å².